The van der Waals surface area contributed by atoms with Gasteiger partial charge in [-0.25, -0.2) is 0 Å². The molecule has 0 aromatic carbocycles. The average molecular weight is 288 g/mol. The lowest BCUT2D eigenvalue weighted by molar-refractivity contribution is 0.233. The molecule has 1 aliphatic rings. The molecule has 114 valence electrons. The Morgan fingerprint density at radius 1 is 1.38 bits per heavy atom. The Hall–Kier alpha value is -1.69. The fourth-order valence-corrected chi connectivity index (χ4v) is 3.15. The Morgan fingerprint density at radius 2 is 2.24 bits per heavy atom. The van der Waals surface area contributed by atoms with Gasteiger partial charge in [0.2, 0.25) is 0 Å². The van der Waals surface area contributed by atoms with Crippen molar-refractivity contribution in [2.45, 2.75) is 45.8 Å². The second-order valence-electron chi connectivity index (χ2n) is 6.39. The van der Waals surface area contributed by atoms with Crippen LogP contribution in [0.25, 0.3) is 0 Å². The van der Waals surface area contributed by atoms with Crippen LogP contribution in [0.3, 0.4) is 0 Å². The summed E-state index contributed by atoms with van der Waals surface area (Å²) in [5.41, 5.74) is 1.26. The van der Waals surface area contributed by atoms with E-state index in [2.05, 4.69) is 44.8 Å². The monoisotopic (exact) mass is 288 g/mol. The van der Waals surface area contributed by atoms with Crippen LogP contribution < -0.4 is 0 Å². The zero-order valence-corrected chi connectivity index (χ0v) is 13.1. The van der Waals surface area contributed by atoms with Crippen LogP contribution >= 0.6 is 0 Å². The maximum absolute atomic E-state index is 4.40. The van der Waals surface area contributed by atoms with Crippen molar-refractivity contribution in [1.29, 1.82) is 0 Å². The summed E-state index contributed by atoms with van der Waals surface area (Å²) in [6, 6.07) is 0.381. The van der Waals surface area contributed by atoms with E-state index in [9.17, 15) is 0 Å². The highest BCUT2D eigenvalue weighted by Crippen LogP contribution is 2.32. The van der Waals surface area contributed by atoms with Crippen LogP contribution in [0.4, 0.5) is 0 Å². The van der Waals surface area contributed by atoms with Crippen molar-refractivity contribution < 1.29 is 0 Å². The van der Waals surface area contributed by atoms with E-state index in [4.69, 9.17) is 0 Å². The smallest absolute Gasteiger partial charge is 0.150 e. The van der Waals surface area contributed by atoms with Gasteiger partial charge in [0.15, 0.2) is 0 Å². The fourth-order valence-electron chi connectivity index (χ4n) is 3.15. The molecular formula is C15H24N6. The summed E-state index contributed by atoms with van der Waals surface area (Å²) in [7, 11) is 1.96. The molecule has 1 atom stereocenters. The molecule has 1 unspecified atom stereocenters. The second kappa shape index (κ2) is 5.97. The Bertz CT molecular complexity index is 585. The Morgan fingerprint density at radius 3 is 2.95 bits per heavy atom. The minimum absolute atomic E-state index is 0.381. The van der Waals surface area contributed by atoms with Crippen molar-refractivity contribution in [3.05, 3.63) is 30.1 Å². The quantitative estimate of drug-likeness (QED) is 0.844. The molecule has 0 aliphatic carbocycles. The van der Waals surface area contributed by atoms with Crippen LogP contribution in [0.2, 0.25) is 0 Å². The first-order chi connectivity index (χ1) is 10.1. The molecule has 1 aliphatic heterocycles. The highest BCUT2D eigenvalue weighted by atomic mass is 15.3. The standard InChI is InChI=1S/C15H24N6/c1-12(2)8-21-11-16-18-15(21)14-5-4-6-20(14)10-13-7-17-19(3)9-13/h7,9,11-12,14H,4-6,8,10H2,1-3H3. The molecule has 3 rings (SSSR count). The first-order valence-corrected chi connectivity index (χ1v) is 7.72. The molecule has 6 heteroatoms. The van der Waals surface area contributed by atoms with Crippen LogP contribution in [-0.2, 0) is 20.1 Å². The molecule has 0 radical (unpaired) electrons. The molecule has 0 N–H and O–H groups in total. The van der Waals surface area contributed by atoms with Crippen LogP contribution in [0.1, 0.15) is 44.1 Å². The predicted octanol–water partition coefficient (Wildman–Crippen LogP) is 2.00. The summed E-state index contributed by atoms with van der Waals surface area (Å²) in [5.74, 6) is 1.72. The lowest BCUT2D eigenvalue weighted by atomic mass is 10.1. The van der Waals surface area contributed by atoms with Crippen molar-refractivity contribution in [3.8, 4) is 0 Å². The highest BCUT2D eigenvalue weighted by Gasteiger charge is 2.30. The normalized spacial score (nSPS) is 19.7. The van der Waals surface area contributed by atoms with E-state index in [0.717, 1.165) is 31.9 Å². The van der Waals surface area contributed by atoms with Gasteiger partial charge in [-0.1, -0.05) is 13.8 Å². The van der Waals surface area contributed by atoms with Crippen LogP contribution in [0.15, 0.2) is 18.7 Å². The number of hydrogen-bond donors (Lipinski definition) is 0. The molecule has 3 heterocycles. The van der Waals surface area contributed by atoms with Gasteiger partial charge >= 0.3 is 0 Å². The van der Waals surface area contributed by atoms with E-state index in [1.807, 2.05) is 24.3 Å². The molecule has 0 saturated carbocycles. The Balaban J connectivity index is 1.76. The third kappa shape index (κ3) is 3.15. The van der Waals surface area contributed by atoms with Crippen LogP contribution in [0, 0.1) is 5.92 Å². The van der Waals surface area contributed by atoms with E-state index in [-0.39, 0.29) is 0 Å². The largest absolute Gasteiger partial charge is 0.316 e. The molecule has 1 saturated heterocycles. The van der Waals surface area contributed by atoms with Crippen LogP contribution in [0.5, 0.6) is 0 Å². The van der Waals surface area contributed by atoms with E-state index < -0.39 is 0 Å². The predicted molar refractivity (Wildman–Crippen MR) is 80.5 cm³/mol. The lowest BCUT2D eigenvalue weighted by Gasteiger charge is -2.24. The fraction of sp³-hybridized carbons (Fsp3) is 0.667. The van der Waals surface area contributed by atoms with Gasteiger partial charge in [0, 0.05) is 31.9 Å². The molecule has 0 spiro atoms. The van der Waals surface area contributed by atoms with Crippen molar-refractivity contribution in [2.75, 3.05) is 6.54 Å². The van der Waals surface area contributed by atoms with Crippen LogP contribution in [-0.4, -0.2) is 36.0 Å². The first kappa shape index (κ1) is 14.3. The van der Waals surface area contributed by atoms with Gasteiger partial charge < -0.3 is 4.57 Å². The number of aromatic nitrogens is 5. The maximum atomic E-state index is 4.40. The number of likely N-dealkylation sites (tertiary alicyclic amines) is 1. The summed E-state index contributed by atoms with van der Waals surface area (Å²) < 4.78 is 4.08. The van der Waals surface area contributed by atoms with Gasteiger partial charge in [-0.15, -0.1) is 10.2 Å². The summed E-state index contributed by atoms with van der Waals surface area (Å²) in [6.45, 7) is 7.50. The second-order valence-corrected chi connectivity index (χ2v) is 6.39. The minimum Gasteiger partial charge on any atom is -0.316 e. The first-order valence-electron chi connectivity index (χ1n) is 7.72. The molecule has 1 fully saturated rings. The van der Waals surface area contributed by atoms with Crippen molar-refractivity contribution in [3.63, 3.8) is 0 Å². The van der Waals surface area contributed by atoms with Gasteiger partial charge in [0.1, 0.15) is 12.2 Å². The third-order valence-electron chi connectivity index (χ3n) is 4.01. The van der Waals surface area contributed by atoms with E-state index in [0.29, 0.717) is 12.0 Å². The van der Waals surface area contributed by atoms with Crippen molar-refractivity contribution in [2.24, 2.45) is 13.0 Å². The van der Waals surface area contributed by atoms with Gasteiger partial charge in [0.05, 0.1) is 12.2 Å². The SMILES string of the molecule is CC(C)Cn1cnnc1C1CCCN1Cc1cnn(C)c1. The van der Waals surface area contributed by atoms with Crippen molar-refractivity contribution >= 4 is 0 Å². The van der Waals surface area contributed by atoms with E-state index in [1.54, 1.807) is 0 Å². The van der Waals surface area contributed by atoms with Gasteiger partial charge in [-0.2, -0.15) is 5.10 Å². The number of rotatable bonds is 5. The lowest BCUT2D eigenvalue weighted by Crippen LogP contribution is -2.25. The molecule has 0 bridgehead atoms. The molecule has 2 aromatic rings. The Kier molecular flexibility index (Phi) is 4.05. The summed E-state index contributed by atoms with van der Waals surface area (Å²) in [5, 5.41) is 12.8. The number of nitrogens with zero attached hydrogens (tertiary/aromatic N) is 6. The molecule has 2 aromatic heterocycles. The summed E-state index contributed by atoms with van der Waals surface area (Å²) in [6.07, 6.45) is 8.30. The molecule has 6 nitrogen and oxygen atoms in total. The van der Waals surface area contributed by atoms with Gasteiger partial charge in [-0.3, -0.25) is 9.58 Å². The third-order valence-corrected chi connectivity index (χ3v) is 4.01. The Labute approximate surface area is 125 Å². The van der Waals surface area contributed by atoms with Crippen molar-refractivity contribution in [1.82, 2.24) is 29.4 Å². The average Bonchev–Trinajstić information content (AvgIpc) is 3.11. The molecular weight excluding hydrogens is 264 g/mol. The zero-order valence-electron chi connectivity index (χ0n) is 13.1. The number of aryl methyl sites for hydroxylation is 1. The van der Waals surface area contributed by atoms with Gasteiger partial charge in [-0.05, 0) is 25.3 Å². The highest BCUT2D eigenvalue weighted by molar-refractivity contribution is 5.07. The molecule has 0 amide bonds. The topological polar surface area (TPSA) is 51.8 Å². The summed E-state index contributed by atoms with van der Waals surface area (Å²) >= 11 is 0. The summed E-state index contributed by atoms with van der Waals surface area (Å²) in [4.78, 5) is 2.50. The minimum atomic E-state index is 0.381. The maximum Gasteiger partial charge on any atom is 0.150 e. The molecule has 21 heavy (non-hydrogen) atoms. The van der Waals surface area contributed by atoms with Gasteiger partial charge in [0.25, 0.3) is 0 Å². The number of hydrogen-bond acceptors (Lipinski definition) is 4. The van der Waals surface area contributed by atoms with E-state index >= 15 is 0 Å². The van der Waals surface area contributed by atoms with E-state index in [1.165, 1.54) is 12.0 Å². The zero-order chi connectivity index (χ0) is 14.8.